The van der Waals surface area contributed by atoms with E-state index in [9.17, 15) is 32.3 Å². The second kappa shape index (κ2) is 13.8. The SMILES string of the molecule is CCN(CC)C(=O)Cn1cc(C2C(=O)N(CC(N)CC(C)C)c3cc(C(=O)OC)ccc3N2OC(=O)C(F)(F)F)c2ccccc21. The minimum atomic E-state index is -5.39. The molecular weight excluding hydrogens is 607 g/mol. The predicted octanol–water partition coefficient (Wildman–Crippen LogP) is 4.58. The number of alkyl halides is 3. The molecule has 1 aromatic heterocycles. The van der Waals surface area contributed by atoms with E-state index >= 15 is 0 Å². The third-order valence-corrected chi connectivity index (χ3v) is 7.80. The second-order valence-corrected chi connectivity index (χ2v) is 11.4. The largest absolute Gasteiger partial charge is 0.493 e. The highest BCUT2D eigenvalue weighted by Crippen LogP contribution is 2.45. The average molecular weight is 646 g/mol. The Morgan fingerprint density at radius 2 is 1.72 bits per heavy atom. The smallest absolute Gasteiger partial charge is 0.465 e. The monoisotopic (exact) mass is 645 g/mol. The van der Waals surface area contributed by atoms with Crippen molar-refractivity contribution in [3.05, 3.63) is 59.8 Å². The fourth-order valence-corrected chi connectivity index (χ4v) is 5.73. The quantitative estimate of drug-likeness (QED) is 0.300. The number of hydroxylamine groups is 1. The van der Waals surface area contributed by atoms with Crippen LogP contribution in [0.4, 0.5) is 24.5 Å². The minimum Gasteiger partial charge on any atom is -0.465 e. The van der Waals surface area contributed by atoms with Crippen molar-refractivity contribution in [2.45, 2.75) is 58.9 Å². The topological polar surface area (TPSA) is 127 Å². The van der Waals surface area contributed by atoms with E-state index in [2.05, 4.69) is 0 Å². The van der Waals surface area contributed by atoms with Crippen LogP contribution < -0.4 is 15.7 Å². The van der Waals surface area contributed by atoms with Gasteiger partial charge in [-0.25, -0.2) is 9.59 Å². The fraction of sp³-hybridized carbons (Fsp3) is 0.438. The number of nitrogens with two attached hydrogens (primary N) is 1. The van der Waals surface area contributed by atoms with Crippen molar-refractivity contribution in [2.75, 3.05) is 36.7 Å². The number of halogens is 3. The zero-order chi connectivity index (χ0) is 33.9. The molecule has 248 valence electrons. The highest BCUT2D eigenvalue weighted by atomic mass is 19.4. The summed E-state index contributed by atoms with van der Waals surface area (Å²) in [5.74, 6) is -4.07. The van der Waals surface area contributed by atoms with Crippen LogP contribution in [-0.2, 0) is 30.5 Å². The standard InChI is InChI=1S/C32H38F3N5O6/c1-6-37(7-2)27(41)18-38-17-23(22-10-8-9-11-24(22)38)28-29(42)39(16-21(36)14-19(3)4)26-15-20(30(43)45-5)12-13-25(26)40(28)46-31(44)32(33,34)35/h8-13,15,17,19,21,28H,6-7,14,16,18,36H2,1-5H3. The van der Waals surface area contributed by atoms with Gasteiger partial charge < -0.3 is 29.7 Å². The lowest BCUT2D eigenvalue weighted by atomic mass is 9.97. The third-order valence-electron chi connectivity index (χ3n) is 7.80. The van der Waals surface area contributed by atoms with Crippen LogP contribution in [0.1, 0.15) is 56.1 Å². The molecule has 0 fully saturated rings. The summed E-state index contributed by atoms with van der Waals surface area (Å²) in [7, 11) is 1.16. The molecule has 0 aliphatic carbocycles. The molecular formula is C32H38F3N5O6. The number of fused-ring (bicyclic) bond motifs is 2. The maximum Gasteiger partial charge on any atom is 0.493 e. The predicted molar refractivity (Wildman–Crippen MR) is 165 cm³/mol. The molecule has 11 nitrogen and oxygen atoms in total. The molecule has 2 aromatic carbocycles. The summed E-state index contributed by atoms with van der Waals surface area (Å²) in [5, 5.41) is 1.08. The zero-order valence-electron chi connectivity index (χ0n) is 26.3. The van der Waals surface area contributed by atoms with Gasteiger partial charge in [-0.2, -0.15) is 18.2 Å². The van der Waals surface area contributed by atoms with Gasteiger partial charge in [0.05, 0.1) is 18.4 Å². The normalized spacial score (nSPS) is 15.6. The van der Waals surface area contributed by atoms with E-state index in [1.807, 2.05) is 27.7 Å². The summed E-state index contributed by atoms with van der Waals surface area (Å²) < 4.78 is 47.3. The fourth-order valence-electron chi connectivity index (χ4n) is 5.73. The van der Waals surface area contributed by atoms with E-state index in [4.69, 9.17) is 15.3 Å². The summed E-state index contributed by atoms with van der Waals surface area (Å²) in [5.41, 5.74) is 7.13. The first-order chi connectivity index (χ1) is 21.7. The first kappa shape index (κ1) is 34.3. The first-order valence-corrected chi connectivity index (χ1v) is 14.9. The van der Waals surface area contributed by atoms with Gasteiger partial charge in [-0.3, -0.25) is 9.59 Å². The molecule has 4 rings (SSSR count). The number of hydrogen-bond acceptors (Lipinski definition) is 8. The van der Waals surface area contributed by atoms with E-state index in [0.29, 0.717) is 35.5 Å². The first-order valence-electron chi connectivity index (χ1n) is 14.9. The van der Waals surface area contributed by atoms with Crippen LogP contribution in [0.25, 0.3) is 10.9 Å². The zero-order valence-corrected chi connectivity index (χ0v) is 26.3. The summed E-state index contributed by atoms with van der Waals surface area (Å²) in [6.07, 6.45) is -3.36. The number of likely N-dealkylation sites (N-methyl/N-ethyl adjacent to an activating group) is 1. The number of nitrogens with zero attached hydrogens (tertiary/aromatic N) is 4. The van der Waals surface area contributed by atoms with Crippen LogP contribution in [0.15, 0.2) is 48.7 Å². The van der Waals surface area contributed by atoms with Crippen LogP contribution in [0.2, 0.25) is 0 Å². The van der Waals surface area contributed by atoms with Gasteiger partial charge in [0.1, 0.15) is 12.2 Å². The number of benzene rings is 2. The molecule has 2 heterocycles. The molecule has 0 bridgehead atoms. The summed E-state index contributed by atoms with van der Waals surface area (Å²) in [4.78, 5) is 60.3. The molecule has 0 saturated carbocycles. The van der Waals surface area contributed by atoms with Gasteiger partial charge in [0.15, 0.2) is 6.04 Å². The van der Waals surface area contributed by atoms with Crippen molar-refractivity contribution in [2.24, 2.45) is 11.7 Å². The van der Waals surface area contributed by atoms with Crippen molar-refractivity contribution in [3.8, 4) is 0 Å². The van der Waals surface area contributed by atoms with Gasteiger partial charge in [0.2, 0.25) is 5.91 Å². The molecule has 46 heavy (non-hydrogen) atoms. The van der Waals surface area contributed by atoms with Crippen LogP contribution in [0.5, 0.6) is 0 Å². The lowest BCUT2D eigenvalue weighted by molar-refractivity contribution is -0.202. The van der Waals surface area contributed by atoms with E-state index in [-0.39, 0.29) is 47.4 Å². The number of amides is 2. The summed E-state index contributed by atoms with van der Waals surface area (Å²) in [6, 6.07) is 8.53. The van der Waals surface area contributed by atoms with Crippen LogP contribution in [0.3, 0.4) is 0 Å². The summed E-state index contributed by atoms with van der Waals surface area (Å²) in [6.45, 7) is 8.39. The van der Waals surface area contributed by atoms with Gasteiger partial charge in [0.25, 0.3) is 5.91 Å². The number of para-hydroxylation sites is 1. The number of ether oxygens (including phenoxy) is 1. The Balaban J connectivity index is 1.95. The van der Waals surface area contributed by atoms with Crippen molar-refractivity contribution in [1.82, 2.24) is 9.47 Å². The average Bonchev–Trinajstić information content (AvgIpc) is 3.35. The number of carbonyl (C=O) groups excluding carboxylic acids is 4. The van der Waals surface area contributed by atoms with Crippen molar-refractivity contribution >= 4 is 46.0 Å². The van der Waals surface area contributed by atoms with E-state index in [1.165, 1.54) is 29.3 Å². The highest BCUT2D eigenvalue weighted by Gasteiger charge is 2.48. The van der Waals surface area contributed by atoms with E-state index in [1.54, 1.807) is 33.7 Å². The molecule has 2 N–H and O–H groups in total. The van der Waals surface area contributed by atoms with Crippen LogP contribution >= 0.6 is 0 Å². The minimum absolute atomic E-state index is 0.0128. The number of anilines is 2. The molecule has 2 amide bonds. The Kier molecular flexibility index (Phi) is 10.3. The Labute approximate surface area is 264 Å². The molecule has 14 heteroatoms. The molecule has 2 unspecified atom stereocenters. The van der Waals surface area contributed by atoms with Gasteiger partial charge in [0, 0.05) is 48.3 Å². The maximum atomic E-state index is 14.5. The van der Waals surface area contributed by atoms with Gasteiger partial charge >= 0.3 is 18.1 Å². The number of esters is 1. The molecule has 0 radical (unpaired) electrons. The lowest BCUT2D eigenvalue weighted by Crippen LogP contribution is -2.53. The van der Waals surface area contributed by atoms with Crippen molar-refractivity contribution in [1.29, 1.82) is 0 Å². The Morgan fingerprint density at radius 3 is 2.33 bits per heavy atom. The van der Waals surface area contributed by atoms with Crippen molar-refractivity contribution < 1.29 is 41.9 Å². The number of rotatable bonds is 11. The van der Waals surface area contributed by atoms with Gasteiger partial charge in [-0.05, 0) is 50.5 Å². The van der Waals surface area contributed by atoms with E-state index < -0.39 is 36.1 Å². The molecule has 1 aliphatic rings. The Morgan fingerprint density at radius 1 is 1.04 bits per heavy atom. The third kappa shape index (κ3) is 6.96. The molecule has 0 spiro atoms. The maximum absolute atomic E-state index is 14.5. The molecule has 1 aliphatic heterocycles. The van der Waals surface area contributed by atoms with Crippen LogP contribution in [0, 0.1) is 5.92 Å². The number of methoxy groups -OCH3 is 1. The highest BCUT2D eigenvalue weighted by molar-refractivity contribution is 6.09. The Hall–Kier alpha value is -4.59. The number of carbonyl (C=O) groups is 4. The summed E-state index contributed by atoms with van der Waals surface area (Å²) >= 11 is 0. The molecule has 0 saturated heterocycles. The lowest BCUT2D eigenvalue weighted by Gasteiger charge is -2.42. The second-order valence-electron chi connectivity index (χ2n) is 11.4. The number of aromatic nitrogens is 1. The van der Waals surface area contributed by atoms with Crippen molar-refractivity contribution in [3.63, 3.8) is 0 Å². The van der Waals surface area contributed by atoms with Gasteiger partial charge in [-0.15, -0.1) is 0 Å². The van der Waals surface area contributed by atoms with E-state index in [0.717, 1.165) is 7.11 Å². The van der Waals surface area contributed by atoms with Crippen LogP contribution in [-0.4, -0.2) is 72.2 Å². The molecule has 2 atom stereocenters. The molecule has 3 aromatic rings. The Bertz CT molecular complexity index is 1620. The number of hydrogen-bond donors (Lipinski definition) is 1. The van der Waals surface area contributed by atoms with Gasteiger partial charge in [-0.1, -0.05) is 32.0 Å².